The Morgan fingerprint density at radius 1 is 0.344 bits per heavy atom. The van der Waals surface area contributed by atoms with Crippen LogP contribution in [0.4, 0.5) is 17.1 Å². The summed E-state index contributed by atoms with van der Waals surface area (Å²) in [5.41, 5.74) is 6.32. The number of aryl methyl sites for hydroxylation is 1. The number of piperidine rings is 6. The smallest absolute Gasteiger partial charge is 0.266 e. The SMILES string of the molecule is CNc1cccc2c1C(=O)N(C1CCC(=O)NC1=O)C2=O.CNc1cccc2c1C(=O)N(C1CCC(=O)NC1=O)C2=O.CNc1cccc2nc(C)n(C3CCC(=O)NC3=O)c(=O)c12.COc1ccc2c(c1)CN(C1CCC(=O)NC1=O)C2=O.COc1cccc2c1C(=O)N(C1CCC(=O)NC1=O)C2=O.COc1cccc2c1CN(C1CCC(=O)NC1=O)C2=O. The highest BCUT2D eigenvalue weighted by molar-refractivity contribution is 6.28. The molecule has 0 aliphatic carbocycles. The number of nitrogens with one attached hydrogen (secondary N) is 9. The van der Waals surface area contributed by atoms with Crippen LogP contribution in [0.25, 0.3) is 10.9 Å². The Hall–Kier alpha value is -15.5. The molecule has 18 rings (SSSR count). The van der Waals surface area contributed by atoms with Gasteiger partial charge in [0, 0.05) is 100.0 Å². The van der Waals surface area contributed by atoms with Gasteiger partial charge < -0.3 is 40.0 Å². The van der Waals surface area contributed by atoms with Gasteiger partial charge in [-0.1, -0.05) is 30.3 Å². The summed E-state index contributed by atoms with van der Waals surface area (Å²) >= 11 is 0. The van der Waals surface area contributed by atoms with Gasteiger partial charge in [0.05, 0.1) is 72.2 Å². The molecule has 40 heteroatoms. The summed E-state index contributed by atoms with van der Waals surface area (Å²) in [5.74, 6) is -6.52. The molecule has 12 heterocycles. The van der Waals surface area contributed by atoms with Crippen molar-refractivity contribution < 1.29 is 110 Å². The van der Waals surface area contributed by atoms with Crippen LogP contribution in [0.2, 0.25) is 0 Å². The molecule has 0 bridgehead atoms. The van der Waals surface area contributed by atoms with E-state index in [1.165, 1.54) is 27.5 Å². The average Bonchev–Trinajstić information content (AvgIpc) is 1.76. The van der Waals surface area contributed by atoms with Crippen LogP contribution in [0.15, 0.2) is 114 Å². The molecule has 40 nitrogen and oxygen atoms in total. The standard InChI is InChI=1S/C15H16N4O3.2C14H13N3O4.C14H12N2O5.2C14H14N2O4/c1-8-17-10-5-3-4-9(16-2)13(10)15(22)19(8)11-6-7-12(20)18-14(11)21;2*1-15-8-4-2-3-7-11(8)14(21)17(13(7)20)9-5-6-10(18)16-12(9)19;1-21-9-4-2-3-7-11(9)14(20)16(13(7)19)8-5-6-10(17)15-12(8)18;1-20-9-2-3-10-8(6-9)7-16(14(10)19)11-4-5-12(17)15-13(11)18;1-20-11-4-2-3-8-9(11)7-16(14(8)19)10-5-6-12(17)15-13(10)18/h3-5,11,16H,6-7H2,1-2H3,(H,18,20,21);2*2-4,9,15H,5-6H2,1H3,(H,16,18,19);2-4,8H,5-6H2,1H3,(H,15,17,18);2-3,6,11H,4-5,7H2,1H3,(H,15,17,18);2-4,10H,5-7H2,1H3,(H,15,17,18). The van der Waals surface area contributed by atoms with Crippen LogP contribution in [-0.4, -0.2) is 225 Å². The number of rotatable bonds is 12. The number of anilines is 3. The first-order chi connectivity index (χ1) is 59.9. The van der Waals surface area contributed by atoms with Gasteiger partial charge in [0.2, 0.25) is 70.9 Å². The maximum atomic E-state index is 12.9. The van der Waals surface area contributed by atoms with E-state index in [2.05, 4.69) is 52.8 Å². The number of imide groups is 9. The predicted molar refractivity (Wildman–Crippen MR) is 435 cm³/mol. The van der Waals surface area contributed by atoms with Crippen molar-refractivity contribution >= 4 is 146 Å². The van der Waals surface area contributed by atoms with E-state index in [-0.39, 0.29) is 138 Å². The van der Waals surface area contributed by atoms with E-state index in [1.54, 1.807) is 139 Å². The number of nitrogens with zero attached hydrogens (tertiary/aromatic N) is 7. The molecular formula is C85H82N16O24. The number of hydrogen-bond donors (Lipinski definition) is 9. The number of amides is 20. The molecule has 0 radical (unpaired) electrons. The van der Waals surface area contributed by atoms with E-state index in [0.717, 1.165) is 25.8 Å². The Morgan fingerprint density at radius 2 is 0.696 bits per heavy atom. The van der Waals surface area contributed by atoms with E-state index in [9.17, 15) is 101 Å². The van der Waals surface area contributed by atoms with E-state index in [0.29, 0.717) is 94.5 Å². The van der Waals surface area contributed by atoms with E-state index in [1.807, 2.05) is 6.07 Å². The topological polar surface area (TPSA) is 528 Å². The van der Waals surface area contributed by atoms with E-state index in [4.69, 9.17) is 14.2 Å². The zero-order valence-corrected chi connectivity index (χ0v) is 68.2. The number of fused-ring (bicyclic) bond motifs is 6. The second kappa shape index (κ2) is 36.4. The van der Waals surface area contributed by atoms with Gasteiger partial charge in [0.1, 0.15) is 59.3 Å². The summed E-state index contributed by atoms with van der Waals surface area (Å²) in [6.07, 6.45) is 2.57. The minimum atomic E-state index is -0.959. The first-order valence-electron chi connectivity index (χ1n) is 39.5. The Kier molecular flexibility index (Phi) is 25.4. The van der Waals surface area contributed by atoms with Gasteiger partial charge in [0.25, 0.3) is 52.8 Å². The van der Waals surface area contributed by atoms with Crippen molar-refractivity contribution in [1.29, 1.82) is 0 Å². The lowest BCUT2D eigenvalue weighted by molar-refractivity contribution is -0.138. The first-order valence-corrected chi connectivity index (χ1v) is 39.5. The quantitative estimate of drug-likeness (QED) is 0.0790. The fourth-order valence-electron chi connectivity index (χ4n) is 16.4. The zero-order valence-electron chi connectivity index (χ0n) is 68.2. The van der Waals surface area contributed by atoms with Crippen LogP contribution in [0.5, 0.6) is 17.2 Å². The molecule has 0 spiro atoms. The summed E-state index contributed by atoms with van der Waals surface area (Å²) in [5, 5.41) is 22.5. The van der Waals surface area contributed by atoms with Gasteiger partial charge in [-0.2, -0.15) is 0 Å². The van der Waals surface area contributed by atoms with Crippen molar-refractivity contribution in [3.05, 3.63) is 181 Å². The molecule has 11 aliphatic heterocycles. The van der Waals surface area contributed by atoms with Gasteiger partial charge in [0.15, 0.2) is 0 Å². The normalized spacial score (nSPS) is 21.0. The second-order valence-corrected chi connectivity index (χ2v) is 29.7. The van der Waals surface area contributed by atoms with E-state index < -0.39 is 113 Å². The van der Waals surface area contributed by atoms with Gasteiger partial charge in [-0.05, 0) is 130 Å². The molecule has 1 aromatic heterocycles. The van der Waals surface area contributed by atoms with Crippen LogP contribution in [0, 0.1) is 6.92 Å². The summed E-state index contributed by atoms with van der Waals surface area (Å²) in [7, 11) is 9.56. The van der Waals surface area contributed by atoms with Crippen molar-refractivity contribution in [1.82, 2.24) is 66.0 Å². The number of aromatic nitrogens is 2. The van der Waals surface area contributed by atoms with Gasteiger partial charge in [-0.15, -0.1) is 0 Å². The largest absolute Gasteiger partial charge is 0.497 e. The molecule has 0 saturated carbocycles. The number of hydrogen-bond acceptors (Lipinski definition) is 28. The lowest BCUT2D eigenvalue weighted by Gasteiger charge is -2.29. The van der Waals surface area contributed by atoms with Crippen molar-refractivity contribution in [3.8, 4) is 17.2 Å². The third-order valence-corrected chi connectivity index (χ3v) is 22.5. The second-order valence-electron chi connectivity index (χ2n) is 29.7. The maximum Gasteiger partial charge on any atom is 0.266 e. The molecule has 6 aromatic carbocycles. The summed E-state index contributed by atoms with van der Waals surface area (Å²) in [4.78, 5) is 261. The number of methoxy groups -OCH3 is 3. The third-order valence-electron chi connectivity index (χ3n) is 22.5. The molecule has 6 atom stereocenters. The van der Waals surface area contributed by atoms with Crippen molar-refractivity contribution in [3.63, 3.8) is 0 Å². The average molecular weight is 1710 g/mol. The molecule has 6 saturated heterocycles. The molecule has 20 amide bonds. The summed E-state index contributed by atoms with van der Waals surface area (Å²) in [6.45, 7) is 2.40. The van der Waals surface area contributed by atoms with Crippen LogP contribution in [0.3, 0.4) is 0 Å². The van der Waals surface area contributed by atoms with Crippen LogP contribution < -0.4 is 67.6 Å². The monoisotopic (exact) mass is 1710 g/mol. The van der Waals surface area contributed by atoms with Crippen molar-refractivity contribution in [2.45, 2.75) is 133 Å². The lowest BCUT2D eigenvalue weighted by Crippen LogP contribution is -2.54. The molecule has 7 aromatic rings. The Bertz CT molecular complexity index is 5660. The molecule has 9 N–H and O–H groups in total. The highest BCUT2D eigenvalue weighted by atomic mass is 16.5. The fraction of sp³-hybridized carbons (Fsp3) is 0.318. The zero-order chi connectivity index (χ0) is 89.8. The lowest BCUT2D eigenvalue weighted by atomic mass is 10.0. The number of carbonyl (C=O) groups excluding carboxylic acids is 20. The third kappa shape index (κ3) is 16.9. The van der Waals surface area contributed by atoms with Crippen LogP contribution in [-0.2, 0) is 70.6 Å². The Balaban J connectivity index is 0.000000129. The molecule has 11 aliphatic rings. The molecule has 6 fully saturated rings. The highest BCUT2D eigenvalue weighted by Gasteiger charge is 2.50. The van der Waals surface area contributed by atoms with Crippen molar-refractivity contribution in [2.75, 3.05) is 58.4 Å². The summed E-state index contributed by atoms with van der Waals surface area (Å²) < 4.78 is 16.9. The first kappa shape index (κ1) is 87.3. The minimum Gasteiger partial charge on any atom is -0.497 e. The van der Waals surface area contributed by atoms with Crippen molar-refractivity contribution in [2.24, 2.45) is 0 Å². The van der Waals surface area contributed by atoms with Gasteiger partial charge in [-0.3, -0.25) is 152 Å². The maximum absolute atomic E-state index is 12.9. The molecule has 6 unspecified atom stereocenters. The summed E-state index contributed by atoms with van der Waals surface area (Å²) in [6, 6.07) is 25.8. The van der Waals surface area contributed by atoms with Gasteiger partial charge >= 0.3 is 0 Å². The fourth-order valence-corrected chi connectivity index (χ4v) is 16.4. The number of benzene rings is 6. The highest BCUT2D eigenvalue weighted by Crippen LogP contribution is 2.39. The Morgan fingerprint density at radius 3 is 1.10 bits per heavy atom. The van der Waals surface area contributed by atoms with Gasteiger partial charge in [-0.25, -0.2) is 4.98 Å². The number of carbonyl (C=O) groups is 20. The predicted octanol–water partition coefficient (Wildman–Crippen LogP) is 1.99. The van der Waals surface area contributed by atoms with Crippen LogP contribution in [0.1, 0.15) is 183 Å². The molecular weight excluding hydrogens is 1630 g/mol. The molecule has 646 valence electrons. The Labute approximate surface area is 709 Å². The number of ether oxygens (including phenoxy) is 3. The van der Waals surface area contributed by atoms with Crippen LogP contribution >= 0.6 is 0 Å². The van der Waals surface area contributed by atoms with E-state index >= 15 is 0 Å². The molecule has 125 heavy (non-hydrogen) atoms. The minimum absolute atomic E-state index is 0.0982.